The molecule has 0 radical (unpaired) electrons. The molecule has 0 fully saturated rings. The average Bonchev–Trinajstić information content (AvgIpc) is 3.37. The number of ether oxygens (including phenoxy) is 2. The molecule has 30 heavy (non-hydrogen) atoms. The van der Waals surface area contributed by atoms with E-state index in [1.54, 1.807) is 20.5 Å². The molecule has 8 heteroatoms. The highest BCUT2D eigenvalue weighted by molar-refractivity contribution is 7.19. The summed E-state index contributed by atoms with van der Waals surface area (Å²) >= 11 is 1.81. The summed E-state index contributed by atoms with van der Waals surface area (Å²) in [5.74, 6) is 2.92. The van der Waals surface area contributed by atoms with Crippen molar-refractivity contribution in [1.29, 1.82) is 0 Å². The Morgan fingerprint density at radius 1 is 1.23 bits per heavy atom. The first-order chi connectivity index (χ1) is 14.7. The minimum Gasteiger partial charge on any atom is -0.493 e. The van der Waals surface area contributed by atoms with Crippen molar-refractivity contribution in [3.63, 3.8) is 0 Å². The van der Waals surface area contributed by atoms with Crippen LogP contribution in [0.5, 0.6) is 11.5 Å². The molecule has 0 saturated heterocycles. The molecule has 0 unspecified atom stereocenters. The highest BCUT2D eigenvalue weighted by Gasteiger charge is 2.24. The van der Waals surface area contributed by atoms with Gasteiger partial charge in [0.15, 0.2) is 17.1 Å². The number of aryl methyl sites for hydroxylation is 1. The SMILES string of the molecule is COc1ccc(CCNc2nc3sc4c(c3c3ncnn23)C[C@@H](C)CC4)cc1OC. The summed E-state index contributed by atoms with van der Waals surface area (Å²) in [6.07, 6.45) is 5.94. The van der Waals surface area contributed by atoms with E-state index in [4.69, 9.17) is 14.5 Å². The van der Waals surface area contributed by atoms with Crippen LogP contribution in [0.4, 0.5) is 5.95 Å². The topological polar surface area (TPSA) is 73.6 Å². The van der Waals surface area contributed by atoms with Gasteiger partial charge < -0.3 is 14.8 Å². The summed E-state index contributed by atoms with van der Waals surface area (Å²) in [6, 6.07) is 6.00. The van der Waals surface area contributed by atoms with Crippen molar-refractivity contribution in [1.82, 2.24) is 19.6 Å². The van der Waals surface area contributed by atoms with E-state index in [9.17, 15) is 0 Å². The maximum absolute atomic E-state index is 5.41. The zero-order chi connectivity index (χ0) is 20.7. The van der Waals surface area contributed by atoms with Gasteiger partial charge in [0.1, 0.15) is 11.2 Å². The van der Waals surface area contributed by atoms with E-state index in [1.807, 2.05) is 28.0 Å². The molecule has 3 heterocycles. The third-order valence-corrected chi connectivity index (χ3v) is 7.00. The molecule has 0 bridgehead atoms. The van der Waals surface area contributed by atoms with Crippen LogP contribution in [0.15, 0.2) is 24.5 Å². The van der Waals surface area contributed by atoms with E-state index < -0.39 is 0 Å². The quantitative estimate of drug-likeness (QED) is 0.503. The van der Waals surface area contributed by atoms with Gasteiger partial charge in [-0.05, 0) is 54.9 Å². The van der Waals surface area contributed by atoms with Crippen molar-refractivity contribution in [3.8, 4) is 11.5 Å². The van der Waals surface area contributed by atoms with Gasteiger partial charge in [-0.25, -0.2) is 9.97 Å². The van der Waals surface area contributed by atoms with Gasteiger partial charge in [-0.3, -0.25) is 0 Å². The number of nitrogens with zero attached hydrogens (tertiary/aromatic N) is 4. The van der Waals surface area contributed by atoms with Crippen molar-refractivity contribution in [2.24, 2.45) is 5.92 Å². The fraction of sp³-hybridized carbons (Fsp3) is 0.409. The summed E-state index contributed by atoms with van der Waals surface area (Å²) in [6.45, 7) is 3.05. The third-order valence-electron chi connectivity index (χ3n) is 5.81. The minimum atomic E-state index is 0.706. The second kappa shape index (κ2) is 7.75. The van der Waals surface area contributed by atoms with Crippen molar-refractivity contribution >= 4 is 33.1 Å². The Bertz CT molecular complexity index is 1220. The second-order valence-electron chi connectivity index (χ2n) is 7.83. The molecular weight excluding hydrogens is 398 g/mol. The van der Waals surface area contributed by atoms with Crippen LogP contribution in [-0.4, -0.2) is 40.3 Å². The molecule has 1 atom stereocenters. The van der Waals surface area contributed by atoms with Crippen LogP contribution in [0.3, 0.4) is 0 Å². The van der Waals surface area contributed by atoms with Crippen LogP contribution in [0, 0.1) is 5.92 Å². The molecule has 0 saturated carbocycles. The van der Waals surface area contributed by atoms with Crippen LogP contribution < -0.4 is 14.8 Å². The fourth-order valence-electron chi connectivity index (χ4n) is 4.23. The van der Waals surface area contributed by atoms with E-state index >= 15 is 0 Å². The highest BCUT2D eigenvalue weighted by Crippen LogP contribution is 2.39. The van der Waals surface area contributed by atoms with Gasteiger partial charge in [-0.1, -0.05) is 13.0 Å². The molecule has 1 aliphatic rings. The zero-order valence-corrected chi connectivity index (χ0v) is 18.3. The van der Waals surface area contributed by atoms with Crippen molar-refractivity contribution < 1.29 is 9.47 Å². The molecule has 4 aromatic rings. The normalized spacial score (nSPS) is 16.0. The van der Waals surface area contributed by atoms with Gasteiger partial charge in [-0.2, -0.15) is 9.61 Å². The van der Waals surface area contributed by atoms with Gasteiger partial charge in [0.25, 0.3) is 0 Å². The van der Waals surface area contributed by atoms with E-state index in [-0.39, 0.29) is 0 Å². The molecular formula is C22H25N5O2S. The molecule has 0 spiro atoms. The Morgan fingerprint density at radius 3 is 2.93 bits per heavy atom. The first kappa shape index (κ1) is 19.1. The monoisotopic (exact) mass is 423 g/mol. The Balaban J connectivity index is 1.42. The average molecular weight is 424 g/mol. The Hall–Kier alpha value is -2.87. The summed E-state index contributed by atoms with van der Waals surface area (Å²) in [7, 11) is 3.30. The van der Waals surface area contributed by atoms with Crippen molar-refractivity contribution in [2.45, 2.75) is 32.6 Å². The minimum absolute atomic E-state index is 0.706. The predicted octanol–water partition coefficient (Wildman–Crippen LogP) is 4.14. The smallest absolute Gasteiger partial charge is 0.227 e. The number of thiophene rings is 1. The van der Waals surface area contributed by atoms with E-state index in [1.165, 1.54) is 22.2 Å². The summed E-state index contributed by atoms with van der Waals surface area (Å²) in [5.41, 5.74) is 3.49. The summed E-state index contributed by atoms with van der Waals surface area (Å²) in [4.78, 5) is 12.0. The van der Waals surface area contributed by atoms with Gasteiger partial charge in [0, 0.05) is 11.4 Å². The number of benzene rings is 1. The number of rotatable bonds is 6. The number of aromatic nitrogens is 4. The largest absolute Gasteiger partial charge is 0.493 e. The van der Waals surface area contributed by atoms with E-state index in [0.29, 0.717) is 5.92 Å². The first-order valence-corrected chi connectivity index (χ1v) is 11.1. The molecule has 0 amide bonds. The van der Waals surface area contributed by atoms with Crippen molar-refractivity contribution in [2.75, 3.05) is 26.1 Å². The molecule has 1 aliphatic carbocycles. The molecule has 1 N–H and O–H groups in total. The van der Waals surface area contributed by atoms with Gasteiger partial charge >= 0.3 is 0 Å². The lowest BCUT2D eigenvalue weighted by molar-refractivity contribution is 0.354. The lowest BCUT2D eigenvalue weighted by atomic mass is 9.89. The van der Waals surface area contributed by atoms with Crippen LogP contribution in [0.25, 0.3) is 15.9 Å². The molecule has 0 aliphatic heterocycles. The number of anilines is 1. The maximum Gasteiger partial charge on any atom is 0.227 e. The van der Waals surface area contributed by atoms with Crippen molar-refractivity contribution in [3.05, 3.63) is 40.5 Å². The Kier molecular flexibility index (Phi) is 4.94. The summed E-state index contributed by atoms with van der Waals surface area (Å²) in [5, 5.41) is 9.08. The van der Waals surface area contributed by atoms with Gasteiger partial charge in [0.05, 0.1) is 19.6 Å². The van der Waals surface area contributed by atoms with Gasteiger partial charge in [0.2, 0.25) is 5.95 Å². The lowest BCUT2D eigenvalue weighted by Crippen LogP contribution is -2.12. The summed E-state index contributed by atoms with van der Waals surface area (Å²) < 4.78 is 12.6. The predicted molar refractivity (Wildman–Crippen MR) is 119 cm³/mol. The lowest BCUT2D eigenvalue weighted by Gasteiger charge is -2.17. The molecule has 1 aromatic carbocycles. The standard InChI is InChI=1S/C22H25N5O2S/c1-13-4-7-18-15(10-13)19-20-24-12-25-27(20)22(26-21(19)30-18)23-9-8-14-5-6-16(28-2)17(11-14)29-3/h5-6,11-13H,4,7-10H2,1-3H3,(H,23,26)/t13-/m0/s1. The molecule has 3 aromatic heterocycles. The first-order valence-electron chi connectivity index (χ1n) is 10.3. The van der Waals surface area contributed by atoms with E-state index in [2.05, 4.69) is 28.4 Å². The Morgan fingerprint density at radius 2 is 2.10 bits per heavy atom. The molecule has 7 nitrogen and oxygen atoms in total. The number of hydrogen-bond donors (Lipinski definition) is 1. The van der Waals surface area contributed by atoms with Crippen LogP contribution in [0.1, 0.15) is 29.3 Å². The number of methoxy groups -OCH3 is 2. The van der Waals surface area contributed by atoms with Crippen LogP contribution in [-0.2, 0) is 19.3 Å². The van der Waals surface area contributed by atoms with E-state index in [0.717, 1.165) is 59.3 Å². The fourth-order valence-corrected chi connectivity index (χ4v) is 5.44. The third kappa shape index (κ3) is 3.25. The van der Waals surface area contributed by atoms with Crippen LogP contribution >= 0.6 is 11.3 Å². The zero-order valence-electron chi connectivity index (χ0n) is 17.4. The maximum atomic E-state index is 5.41. The van der Waals surface area contributed by atoms with Crippen LogP contribution in [0.2, 0.25) is 0 Å². The highest BCUT2D eigenvalue weighted by atomic mass is 32.1. The second-order valence-corrected chi connectivity index (χ2v) is 8.91. The van der Waals surface area contributed by atoms with Gasteiger partial charge in [-0.15, -0.1) is 11.3 Å². The number of nitrogens with one attached hydrogen (secondary N) is 1. The molecule has 5 rings (SSSR count). The number of hydrogen-bond acceptors (Lipinski definition) is 7. The number of fused-ring (bicyclic) bond motifs is 5. The Labute approximate surface area is 179 Å². The molecule has 156 valence electrons.